The maximum atomic E-state index is 12.5. The summed E-state index contributed by atoms with van der Waals surface area (Å²) >= 11 is 0. The van der Waals surface area contributed by atoms with Crippen LogP contribution in [0.4, 0.5) is 0 Å². The van der Waals surface area contributed by atoms with Crippen molar-refractivity contribution in [1.29, 1.82) is 0 Å². The third kappa shape index (κ3) is 5.17. The van der Waals surface area contributed by atoms with E-state index in [1.54, 1.807) is 45.2 Å². The Morgan fingerprint density at radius 1 is 0.963 bits per heavy atom. The molecule has 0 bridgehead atoms. The van der Waals surface area contributed by atoms with Crippen molar-refractivity contribution in [2.45, 2.75) is 26.3 Å². The van der Waals surface area contributed by atoms with E-state index < -0.39 is 5.91 Å². The van der Waals surface area contributed by atoms with E-state index >= 15 is 0 Å². The van der Waals surface area contributed by atoms with Gasteiger partial charge in [0, 0.05) is 25.1 Å². The van der Waals surface area contributed by atoms with Crippen molar-refractivity contribution in [2.75, 3.05) is 13.7 Å². The second kappa shape index (κ2) is 8.98. The summed E-state index contributed by atoms with van der Waals surface area (Å²) in [5.41, 5.74) is 8.07. The van der Waals surface area contributed by atoms with Gasteiger partial charge < -0.3 is 15.4 Å². The first-order valence-corrected chi connectivity index (χ1v) is 8.76. The Balaban J connectivity index is 2.11. The summed E-state index contributed by atoms with van der Waals surface area (Å²) in [7, 11) is 1.65. The standard InChI is InChI=1S/C21H24N2O4/c1-4-27-21(26)18-11-7-16(8-12-18)15-5-9-17(10-6-15)20(25)23(3)14(2)13-19(22)24/h5-12,14H,4,13H2,1-3H3,(H2,22,24)/t14-/m0/s1. The fourth-order valence-electron chi connectivity index (χ4n) is 2.65. The van der Waals surface area contributed by atoms with E-state index in [9.17, 15) is 14.4 Å². The lowest BCUT2D eigenvalue weighted by molar-refractivity contribution is -0.118. The summed E-state index contributed by atoms with van der Waals surface area (Å²) in [5, 5.41) is 0. The summed E-state index contributed by atoms with van der Waals surface area (Å²) < 4.78 is 4.97. The zero-order chi connectivity index (χ0) is 20.0. The fourth-order valence-corrected chi connectivity index (χ4v) is 2.65. The first kappa shape index (κ1) is 20.2. The van der Waals surface area contributed by atoms with Crippen molar-refractivity contribution in [3.8, 4) is 11.1 Å². The van der Waals surface area contributed by atoms with Crippen molar-refractivity contribution in [2.24, 2.45) is 5.73 Å². The molecule has 0 saturated carbocycles. The molecule has 6 heteroatoms. The third-order valence-electron chi connectivity index (χ3n) is 4.34. The maximum Gasteiger partial charge on any atom is 0.338 e. The lowest BCUT2D eigenvalue weighted by Gasteiger charge is -2.24. The highest BCUT2D eigenvalue weighted by Crippen LogP contribution is 2.21. The highest BCUT2D eigenvalue weighted by atomic mass is 16.5. The van der Waals surface area contributed by atoms with E-state index in [0.717, 1.165) is 11.1 Å². The zero-order valence-electron chi connectivity index (χ0n) is 15.8. The van der Waals surface area contributed by atoms with Crippen molar-refractivity contribution < 1.29 is 19.1 Å². The number of hydrogen-bond donors (Lipinski definition) is 1. The number of nitrogens with zero attached hydrogens (tertiary/aromatic N) is 1. The molecule has 0 aliphatic rings. The average Bonchev–Trinajstić information content (AvgIpc) is 2.66. The van der Waals surface area contributed by atoms with Gasteiger partial charge in [-0.05, 0) is 49.2 Å². The summed E-state index contributed by atoms with van der Waals surface area (Å²) in [6, 6.07) is 14.0. The largest absolute Gasteiger partial charge is 0.462 e. The predicted octanol–water partition coefficient (Wildman–Crippen LogP) is 2.87. The molecule has 0 aliphatic carbocycles. The molecule has 0 aliphatic heterocycles. The minimum absolute atomic E-state index is 0.118. The minimum atomic E-state index is -0.441. The van der Waals surface area contributed by atoms with E-state index in [1.807, 2.05) is 24.3 Å². The second-order valence-electron chi connectivity index (χ2n) is 6.31. The van der Waals surface area contributed by atoms with Crippen LogP contribution in [0.2, 0.25) is 0 Å². The second-order valence-corrected chi connectivity index (χ2v) is 6.31. The normalized spacial score (nSPS) is 11.5. The highest BCUT2D eigenvalue weighted by Gasteiger charge is 2.19. The topological polar surface area (TPSA) is 89.7 Å². The predicted molar refractivity (Wildman–Crippen MR) is 103 cm³/mol. The Morgan fingerprint density at radius 2 is 1.44 bits per heavy atom. The number of ether oxygens (including phenoxy) is 1. The van der Waals surface area contributed by atoms with Crippen LogP contribution in [0.5, 0.6) is 0 Å². The minimum Gasteiger partial charge on any atom is -0.462 e. The number of nitrogens with two attached hydrogens (primary N) is 1. The molecule has 0 radical (unpaired) electrons. The molecule has 6 nitrogen and oxygen atoms in total. The molecule has 2 amide bonds. The smallest absolute Gasteiger partial charge is 0.338 e. The lowest BCUT2D eigenvalue weighted by Crippen LogP contribution is -2.37. The number of benzene rings is 2. The number of primary amides is 1. The van der Waals surface area contributed by atoms with Crippen LogP contribution in [0.3, 0.4) is 0 Å². The molecule has 0 spiro atoms. The number of rotatable bonds is 7. The van der Waals surface area contributed by atoms with Crippen molar-refractivity contribution in [3.63, 3.8) is 0 Å². The van der Waals surface area contributed by atoms with Gasteiger partial charge in [-0.1, -0.05) is 24.3 Å². The van der Waals surface area contributed by atoms with E-state index in [2.05, 4.69) is 0 Å². The monoisotopic (exact) mass is 368 g/mol. The van der Waals surface area contributed by atoms with Gasteiger partial charge in [0.2, 0.25) is 5.91 Å². The van der Waals surface area contributed by atoms with Gasteiger partial charge in [-0.25, -0.2) is 4.79 Å². The summed E-state index contributed by atoms with van der Waals surface area (Å²) in [6.45, 7) is 3.88. The molecule has 0 unspecified atom stereocenters. The molecule has 2 aromatic carbocycles. The third-order valence-corrected chi connectivity index (χ3v) is 4.34. The number of hydrogen-bond acceptors (Lipinski definition) is 4. The average molecular weight is 368 g/mol. The fraction of sp³-hybridized carbons (Fsp3) is 0.286. The number of amides is 2. The summed E-state index contributed by atoms with van der Waals surface area (Å²) in [6.07, 6.45) is 0.118. The van der Waals surface area contributed by atoms with Crippen LogP contribution in [0.25, 0.3) is 11.1 Å². The van der Waals surface area contributed by atoms with Gasteiger partial charge in [-0.15, -0.1) is 0 Å². The first-order chi connectivity index (χ1) is 12.8. The number of esters is 1. The summed E-state index contributed by atoms with van der Waals surface area (Å²) in [4.78, 5) is 36.8. The van der Waals surface area contributed by atoms with Crippen LogP contribution in [-0.2, 0) is 9.53 Å². The number of carbonyl (C=O) groups excluding carboxylic acids is 3. The molecule has 2 N–H and O–H groups in total. The van der Waals surface area contributed by atoms with Gasteiger partial charge in [-0.2, -0.15) is 0 Å². The van der Waals surface area contributed by atoms with Gasteiger partial charge in [0.05, 0.1) is 12.2 Å². The Morgan fingerprint density at radius 3 is 1.89 bits per heavy atom. The maximum absolute atomic E-state index is 12.5. The first-order valence-electron chi connectivity index (χ1n) is 8.76. The van der Waals surface area contributed by atoms with E-state index in [1.165, 1.54) is 4.90 Å². The van der Waals surface area contributed by atoms with Gasteiger partial charge in [0.1, 0.15) is 0 Å². The Hall–Kier alpha value is -3.15. The van der Waals surface area contributed by atoms with Crippen LogP contribution >= 0.6 is 0 Å². The van der Waals surface area contributed by atoms with Gasteiger partial charge in [-0.3, -0.25) is 9.59 Å². The van der Waals surface area contributed by atoms with Crippen LogP contribution in [-0.4, -0.2) is 42.4 Å². The van der Waals surface area contributed by atoms with E-state index in [0.29, 0.717) is 17.7 Å². The SMILES string of the molecule is CCOC(=O)c1ccc(-c2ccc(C(=O)N(C)[C@@H](C)CC(N)=O)cc2)cc1. The molecule has 2 aromatic rings. The summed E-state index contributed by atoms with van der Waals surface area (Å²) in [5.74, 6) is -0.963. The highest BCUT2D eigenvalue weighted by molar-refractivity contribution is 5.95. The van der Waals surface area contributed by atoms with Crippen molar-refractivity contribution in [3.05, 3.63) is 59.7 Å². The Kier molecular flexibility index (Phi) is 6.71. The van der Waals surface area contributed by atoms with Crippen LogP contribution < -0.4 is 5.73 Å². The van der Waals surface area contributed by atoms with Crippen molar-refractivity contribution in [1.82, 2.24) is 4.90 Å². The van der Waals surface area contributed by atoms with Crippen LogP contribution in [0.15, 0.2) is 48.5 Å². The van der Waals surface area contributed by atoms with E-state index in [-0.39, 0.29) is 24.3 Å². The zero-order valence-corrected chi connectivity index (χ0v) is 15.8. The van der Waals surface area contributed by atoms with Crippen molar-refractivity contribution >= 4 is 17.8 Å². The molecule has 0 saturated heterocycles. The van der Waals surface area contributed by atoms with Crippen LogP contribution in [0.1, 0.15) is 41.0 Å². The molecule has 1 atom stereocenters. The Labute approximate surface area is 158 Å². The van der Waals surface area contributed by atoms with Gasteiger partial charge in [0.15, 0.2) is 0 Å². The molecular weight excluding hydrogens is 344 g/mol. The van der Waals surface area contributed by atoms with Crippen LogP contribution in [0, 0.1) is 0 Å². The molecule has 2 rings (SSSR count). The lowest BCUT2D eigenvalue weighted by atomic mass is 10.0. The van der Waals surface area contributed by atoms with E-state index in [4.69, 9.17) is 10.5 Å². The molecule has 0 fully saturated rings. The van der Waals surface area contributed by atoms with Gasteiger partial charge >= 0.3 is 5.97 Å². The van der Waals surface area contributed by atoms with Gasteiger partial charge in [0.25, 0.3) is 5.91 Å². The molecule has 142 valence electrons. The molecule has 27 heavy (non-hydrogen) atoms. The quantitative estimate of drug-likeness (QED) is 0.761. The molecule has 0 heterocycles. The molecular formula is C21H24N2O4. The Bertz CT molecular complexity index is 813. The molecule has 0 aromatic heterocycles. The number of carbonyl (C=O) groups is 3.